The highest BCUT2D eigenvalue weighted by molar-refractivity contribution is 9.09. The number of alkyl halides is 1. The van der Waals surface area contributed by atoms with E-state index < -0.39 is 16.0 Å². The maximum absolute atomic E-state index is 11.4. The number of hydrogen-bond acceptors (Lipinski definition) is 4. The van der Waals surface area contributed by atoms with Crippen LogP contribution >= 0.6 is 15.9 Å². The number of methoxy groups -OCH3 is 1. The molecule has 0 radical (unpaired) electrons. The molecule has 0 amide bonds. The van der Waals surface area contributed by atoms with Crippen molar-refractivity contribution in [3.05, 3.63) is 0 Å². The molecule has 0 aliphatic rings. The fourth-order valence-corrected chi connectivity index (χ4v) is 2.60. The molecular weight excluding hydrogens is 274 g/mol. The molecule has 0 spiro atoms. The van der Waals surface area contributed by atoms with Crippen molar-refractivity contribution in [3.63, 3.8) is 0 Å². The highest BCUT2D eigenvalue weighted by atomic mass is 79.9. The van der Waals surface area contributed by atoms with Crippen LogP contribution in [0.4, 0.5) is 0 Å². The Kier molecular flexibility index (Phi) is 6.30. The Bertz CT molecular complexity index is 277. The van der Waals surface area contributed by atoms with Crippen LogP contribution in [0.5, 0.6) is 0 Å². The predicted octanol–water partition coefficient (Wildman–Crippen LogP) is 0.206. The summed E-state index contributed by atoms with van der Waals surface area (Å²) in [5.74, 6) is -0.718. The van der Waals surface area contributed by atoms with E-state index >= 15 is 0 Å². The van der Waals surface area contributed by atoms with Crippen LogP contribution in [-0.2, 0) is 19.6 Å². The Balaban J connectivity index is 4.14. The number of nitrogens with zero attached hydrogens (tertiary/aromatic N) is 1. The van der Waals surface area contributed by atoms with Gasteiger partial charge in [0, 0.05) is 18.9 Å². The standard InChI is InChI=1S/C7H14BrNO4S/c1-9(5-4-8)14(11,12)6-3-7(10)13-2/h3-6H2,1-2H3. The summed E-state index contributed by atoms with van der Waals surface area (Å²) < 4.78 is 28.4. The summed E-state index contributed by atoms with van der Waals surface area (Å²) in [6.45, 7) is 0.392. The summed E-state index contributed by atoms with van der Waals surface area (Å²) in [5, 5.41) is 0.570. The zero-order valence-corrected chi connectivity index (χ0v) is 10.6. The number of halogens is 1. The van der Waals surface area contributed by atoms with E-state index in [0.717, 1.165) is 0 Å². The van der Waals surface area contributed by atoms with Crippen molar-refractivity contribution in [1.82, 2.24) is 4.31 Å². The number of rotatable bonds is 6. The normalized spacial score (nSPS) is 11.7. The number of ether oxygens (including phenoxy) is 1. The fourth-order valence-electron chi connectivity index (χ4n) is 0.728. The van der Waals surface area contributed by atoms with Gasteiger partial charge in [0.05, 0.1) is 19.3 Å². The molecule has 0 N–H and O–H groups in total. The Labute approximate surface area is 92.6 Å². The first kappa shape index (κ1) is 13.9. The van der Waals surface area contributed by atoms with Crippen molar-refractivity contribution in [2.45, 2.75) is 6.42 Å². The summed E-state index contributed by atoms with van der Waals surface area (Å²) in [6, 6.07) is 0. The van der Waals surface area contributed by atoms with Crippen LogP contribution in [0, 0.1) is 0 Å². The lowest BCUT2D eigenvalue weighted by atomic mass is 10.5. The third kappa shape index (κ3) is 4.92. The lowest BCUT2D eigenvalue weighted by Crippen LogP contribution is -2.31. The molecule has 0 heterocycles. The molecule has 14 heavy (non-hydrogen) atoms. The summed E-state index contributed by atoms with van der Waals surface area (Å²) >= 11 is 3.14. The summed E-state index contributed by atoms with van der Waals surface area (Å²) in [5.41, 5.74) is 0. The van der Waals surface area contributed by atoms with Crippen molar-refractivity contribution in [3.8, 4) is 0 Å². The molecule has 0 bridgehead atoms. The highest BCUT2D eigenvalue weighted by Crippen LogP contribution is 2.01. The molecule has 0 saturated carbocycles. The van der Waals surface area contributed by atoms with Crippen LogP contribution in [0.25, 0.3) is 0 Å². The van der Waals surface area contributed by atoms with Gasteiger partial charge in [0.1, 0.15) is 0 Å². The molecule has 0 atom stereocenters. The van der Waals surface area contributed by atoms with Gasteiger partial charge in [-0.2, -0.15) is 0 Å². The first-order valence-electron chi connectivity index (χ1n) is 4.01. The zero-order chi connectivity index (χ0) is 11.2. The van der Waals surface area contributed by atoms with E-state index in [1.54, 1.807) is 0 Å². The van der Waals surface area contributed by atoms with Gasteiger partial charge in [0.2, 0.25) is 10.0 Å². The van der Waals surface area contributed by atoms with Gasteiger partial charge in [-0.05, 0) is 0 Å². The number of sulfonamides is 1. The molecule has 84 valence electrons. The number of carbonyl (C=O) groups excluding carboxylic acids is 1. The zero-order valence-electron chi connectivity index (χ0n) is 8.19. The number of hydrogen-bond donors (Lipinski definition) is 0. The van der Waals surface area contributed by atoms with E-state index in [4.69, 9.17) is 0 Å². The van der Waals surface area contributed by atoms with Crippen LogP contribution in [-0.4, -0.2) is 50.5 Å². The van der Waals surface area contributed by atoms with Gasteiger partial charge >= 0.3 is 5.97 Å². The van der Waals surface area contributed by atoms with Crippen molar-refractivity contribution in [2.24, 2.45) is 0 Å². The molecule has 0 unspecified atom stereocenters. The molecule has 0 aromatic carbocycles. The quantitative estimate of drug-likeness (QED) is 0.517. The molecule has 0 aromatic rings. The average molecular weight is 288 g/mol. The van der Waals surface area contributed by atoms with Crippen molar-refractivity contribution in [1.29, 1.82) is 0 Å². The van der Waals surface area contributed by atoms with Crippen LogP contribution in [0.15, 0.2) is 0 Å². The molecule has 0 fully saturated rings. The van der Waals surface area contributed by atoms with Crippen LogP contribution in [0.2, 0.25) is 0 Å². The van der Waals surface area contributed by atoms with Crippen molar-refractivity contribution in [2.75, 3.05) is 31.8 Å². The van der Waals surface area contributed by atoms with E-state index in [1.807, 2.05) is 0 Å². The van der Waals surface area contributed by atoms with Gasteiger partial charge in [-0.25, -0.2) is 12.7 Å². The topological polar surface area (TPSA) is 63.7 Å². The minimum Gasteiger partial charge on any atom is -0.469 e. The molecule has 0 saturated heterocycles. The summed E-state index contributed by atoms with van der Waals surface area (Å²) in [6.07, 6.45) is -0.106. The predicted molar refractivity (Wildman–Crippen MR) is 56.8 cm³/mol. The lowest BCUT2D eigenvalue weighted by Gasteiger charge is -2.14. The highest BCUT2D eigenvalue weighted by Gasteiger charge is 2.18. The Morgan fingerprint density at radius 1 is 1.50 bits per heavy atom. The third-order valence-electron chi connectivity index (χ3n) is 1.67. The average Bonchev–Trinajstić information content (AvgIpc) is 2.14. The molecule has 7 heteroatoms. The molecule has 0 rings (SSSR count). The fraction of sp³-hybridized carbons (Fsp3) is 0.857. The van der Waals surface area contributed by atoms with E-state index in [2.05, 4.69) is 20.7 Å². The molecule has 0 aromatic heterocycles. The summed E-state index contributed by atoms with van der Waals surface area (Å²) in [7, 11) is -0.612. The first-order valence-corrected chi connectivity index (χ1v) is 6.74. The lowest BCUT2D eigenvalue weighted by molar-refractivity contribution is -0.140. The molecule has 5 nitrogen and oxygen atoms in total. The number of carbonyl (C=O) groups is 1. The first-order chi connectivity index (χ1) is 6.44. The Morgan fingerprint density at radius 2 is 2.07 bits per heavy atom. The van der Waals surface area contributed by atoms with Crippen LogP contribution in [0.3, 0.4) is 0 Å². The SMILES string of the molecule is COC(=O)CCS(=O)(=O)N(C)CCBr. The van der Waals surface area contributed by atoms with E-state index in [-0.39, 0.29) is 12.2 Å². The second kappa shape index (κ2) is 6.36. The van der Waals surface area contributed by atoms with E-state index in [1.165, 1.54) is 18.5 Å². The van der Waals surface area contributed by atoms with Crippen LogP contribution < -0.4 is 0 Å². The Morgan fingerprint density at radius 3 is 2.50 bits per heavy atom. The maximum Gasteiger partial charge on any atom is 0.306 e. The second-order valence-corrected chi connectivity index (χ2v) is 5.64. The molecule has 0 aliphatic heterocycles. The molecule has 0 aliphatic carbocycles. The van der Waals surface area contributed by atoms with Gasteiger partial charge in [-0.1, -0.05) is 15.9 Å². The monoisotopic (exact) mass is 287 g/mol. The summed E-state index contributed by atoms with van der Waals surface area (Å²) in [4.78, 5) is 10.7. The third-order valence-corrected chi connectivity index (χ3v) is 3.87. The van der Waals surface area contributed by atoms with Crippen LogP contribution in [0.1, 0.15) is 6.42 Å². The van der Waals surface area contributed by atoms with Gasteiger partial charge in [0.25, 0.3) is 0 Å². The smallest absolute Gasteiger partial charge is 0.306 e. The van der Waals surface area contributed by atoms with Gasteiger partial charge in [0.15, 0.2) is 0 Å². The minimum absolute atomic E-state index is 0.106. The second-order valence-electron chi connectivity index (χ2n) is 2.65. The molecular formula is C7H14BrNO4S. The number of esters is 1. The van der Waals surface area contributed by atoms with Gasteiger partial charge < -0.3 is 4.74 Å². The van der Waals surface area contributed by atoms with Crippen molar-refractivity contribution < 1.29 is 17.9 Å². The van der Waals surface area contributed by atoms with E-state index in [9.17, 15) is 13.2 Å². The van der Waals surface area contributed by atoms with Crippen molar-refractivity contribution >= 4 is 31.9 Å². The van der Waals surface area contributed by atoms with Gasteiger partial charge in [-0.3, -0.25) is 4.79 Å². The maximum atomic E-state index is 11.4. The Hall–Kier alpha value is -0.140. The minimum atomic E-state index is -3.33. The van der Waals surface area contributed by atoms with E-state index in [0.29, 0.717) is 11.9 Å². The van der Waals surface area contributed by atoms with Gasteiger partial charge in [-0.15, -0.1) is 0 Å². The largest absolute Gasteiger partial charge is 0.469 e.